The highest BCUT2D eigenvalue weighted by molar-refractivity contribution is 7.99. The van der Waals surface area contributed by atoms with Crippen LogP contribution in [-0.4, -0.2) is 11.5 Å². The minimum atomic E-state index is 0.425. The highest BCUT2D eigenvalue weighted by atomic mass is 32.2. The Morgan fingerprint density at radius 1 is 1.29 bits per heavy atom. The van der Waals surface area contributed by atoms with Gasteiger partial charge in [-0.05, 0) is 41.6 Å². The molecule has 0 saturated carbocycles. The van der Waals surface area contributed by atoms with Crippen molar-refractivity contribution in [3.05, 3.63) is 24.3 Å². The Bertz CT molecular complexity index is 258. The largest absolute Gasteiger partial charge is 0.161 e. The smallest absolute Gasteiger partial charge is 0.00128 e. The van der Waals surface area contributed by atoms with Crippen molar-refractivity contribution < 1.29 is 0 Å². The van der Waals surface area contributed by atoms with E-state index in [9.17, 15) is 0 Å². The van der Waals surface area contributed by atoms with Crippen molar-refractivity contribution in [2.45, 2.75) is 33.1 Å². The second-order valence-electron chi connectivity index (χ2n) is 5.44. The molecule has 0 aromatic heterocycles. The SMILES string of the molecule is CC1(CC2(C)CCSC2)C=CC=CC1. The van der Waals surface area contributed by atoms with Gasteiger partial charge in [0, 0.05) is 0 Å². The minimum Gasteiger partial charge on any atom is -0.161 e. The third kappa shape index (κ3) is 2.25. The Hall–Kier alpha value is -0.170. The van der Waals surface area contributed by atoms with Gasteiger partial charge in [-0.2, -0.15) is 11.8 Å². The van der Waals surface area contributed by atoms with Crippen LogP contribution in [0.3, 0.4) is 0 Å². The number of allylic oxidation sites excluding steroid dienone is 4. The van der Waals surface area contributed by atoms with Gasteiger partial charge in [0.05, 0.1) is 0 Å². The summed E-state index contributed by atoms with van der Waals surface area (Å²) in [6.45, 7) is 4.87. The lowest BCUT2D eigenvalue weighted by Gasteiger charge is -2.35. The van der Waals surface area contributed by atoms with Crippen LogP contribution >= 0.6 is 11.8 Å². The molecule has 2 rings (SSSR count). The van der Waals surface area contributed by atoms with Gasteiger partial charge >= 0.3 is 0 Å². The average Bonchev–Trinajstić information content (AvgIpc) is 2.52. The third-order valence-electron chi connectivity index (χ3n) is 3.46. The summed E-state index contributed by atoms with van der Waals surface area (Å²) in [5.74, 6) is 2.73. The van der Waals surface area contributed by atoms with Crippen molar-refractivity contribution in [3.63, 3.8) is 0 Å². The Morgan fingerprint density at radius 2 is 2.14 bits per heavy atom. The van der Waals surface area contributed by atoms with Crippen molar-refractivity contribution in [2.24, 2.45) is 10.8 Å². The molecule has 0 bridgehead atoms. The van der Waals surface area contributed by atoms with E-state index in [1.807, 2.05) is 0 Å². The molecule has 0 nitrogen and oxygen atoms in total. The molecule has 1 aliphatic carbocycles. The van der Waals surface area contributed by atoms with Gasteiger partial charge < -0.3 is 0 Å². The van der Waals surface area contributed by atoms with Gasteiger partial charge in [-0.15, -0.1) is 0 Å². The number of rotatable bonds is 2. The Balaban J connectivity index is 2.02. The minimum absolute atomic E-state index is 0.425. The summed E-state index contributed by atoms with van der Waals surface area (Å²) in [6, 6.07) is 0. The van der Waals surface area contributed by atoms with Crippen molar-refractivity contribution >= 4 is 11.8 Å². The first-order chi connectivity index (χ1) is 6.62. The molecule has 14 heavy (non-hydrogen) atoms. The molecular formula is C13H20S. The van der Waals surface area contributed by atoms with Crippen LogP contribution in [0.1, 0.15) is 33.1 Å². The standard InChI is InChI=1S/C13H20S/c1-12(6-4-3-5-7-12)10-13(2)8-9-14-11-13/h3-6H,7-11H2,1-2H3. The molecular weight excluding hydrogens is 188 g/mol. The first-order valence-electron chi connectivity index (χ1n) is 5.54. The predicted molar refractivity (Wildman–Crippen MR) is 65.7 cm³/mol. The molecule has 0 N–H and O–H groups in total. The van der Waals surface area contributed by atoms with Crippen LogP contribution < -0.4 is 0 Å². The van der Waals surface area contributed by atoms with Crippen LogP contribution in [0.4, 0.5) is 0 Å². The van der Waals surface area contributed by atoms with E-state index in [2.05, 4.69) is 49.9 Å². The fraction of sp³-hybridized carbons (Fsp3) is 0.692. The van der Waals surface area contributed by atoms with Gasteiger partial charge in [0.2, 0.25) is 0 Å². The molecule has 78 valence electrons. The summed E-state index contributed by atoms with van der Waals surface area (Å²) in [5, 5.41) is 0. The van der Waals surface area contributed by atoms with E-state index in [-0.39, 0.29) is 0 Å². The highest BCUT2D eigenvalue weighted by Gasteiger charge is 2.36. The molecule has 2 atom stereocenters. The first-order valence-corrected chi connectivity index (χ1v) is 6.70. The quantitative estimate of drug-likeness (QED) is 0.660. The Kier molecular flexibility index (Phi) is 2.79. The van der Waals surface area contributed by atoms with Gasteiger partial charge in [-0.1, -0.05) is 38.2 Å². The first kappa shape index (κ1) is 10.4. The third-order valence-corrected chi connectivity index (χ3v) is 4.85. The molecule has 1 fully saturated rings. The zero-order valence-corrected chi connectivity index (χ0v) is 10.1. The number of hydrogen-bond donors (Lipinski definition) is 0. The molecule has 0 aromatic rings. The van der Waals surface area contributed by atoms with Crippen LogP contribution in [0.25, 0.3) is 0 Å². The van der Waals surface area contributed by atoms with Crippen molar-refractivity contribution in [3.8, 4) is 0 Å². The second kappa shape index (κ2) is 3.77. The van der Waals surface area contributed by atoms with Crippen LogP contribution in [0.2, 0.25) is 0 Å². The zero-order valence-electron chi connectivity index (χ0n) is 9.25. The van der Waals surface area contributed by atoms with Crippen LogP contribution in [0.15, 0.2) is 24.3 Å². The summed E-state index contributed by atoms with van der Waals surface area (Å²) < 4.78 is 0. The van der Waals surface area contributed by atoms with Crippen LogP contribution in [-0.2, 0) is 0 Å². The summed E-state index contributed by atoms with van der Waals surface area (Å²) in [4.78, 5) is 0. The normalized spacial score (nSPS) is 41.9. The van der Waals surface area contributed by atoms with Crippen molar-refractivity contribution in [1.82, 2.24) is 0 Å². The molecule has 0 aromatic carbocycles. The molecule has 1 saturated heterocycles. The Labute approximate surface area is 91.9 Å². The van der Waals surface area contributed by atoms with E-state index in [4.69, 9.17) is 0 Å². The molecule has 1 heterocycles. The molecule has 1 aliphatic heterocycles. The lowest BCUT2D eigenvalue weighted by molar-refractivity contribution is 0.229. The fourth-order valence-corrected chi connectivity index (χ4v) is 4.25. The highest BCUT2D eigenvalue weighted by Crippen LogP contribution is 2.46. The number of thioether (sulfide) groups is 1. The fourth-order valence-electron chi connectivity index (χ4n) is 2.73. The maximum absolute atomic E-state index is 2.46. The van der Waals surface area contributed by atoms with Gasteiger partial charge in [0.1, 0.15) is 0 Å². The van der Waals surface area contributed by atoms with Crippen molar-refractivity contribution in [2.75, 3.05) is 11.5 Å². The van der Waals surface area contributed by atoms with E-state index >= 15 is 0 Å². The monoisotopic (exact) mass is 208 g/mol. The van der Waals surface area contributed by atoms with Gasteiger partial charge in [0.15, 0.2) is 0 Å². The van der Waals surface area contributed by atoms with Crippen molar-refractivity contribution in [1.29, 1.82) is 0 Å². The lowest BCUT2D eigenvalue weighted by atomic mass is 9.70. The van der Waals surface area contributed by atoms with E-state index in [1.54, 1.807) is 0 Å². The topological polar surface area (TPSA) is 0 Å². The maximum Gasteiger partial charge on any atom is -0.00128 e. The van der Waals surface area contributed by atoms with E-state index in [0.29, 0.717) is 10.8 Å². The molecule has 0 spiro atoms. The lowest BCUT2D eigenvalue weighted by Crippen LogP contribution is -2.26. The molecule has 2 aliphatic rings. The Morgan fingerprint density at radius 3 is 2.71 bits per heavy atom. The molecule has 1 heteroatoms. The summed E-state index contributed by atoms with van der Waals surface area (Å²) in [7, 11) is 0. The summed E-state index contributed by atoms with van der Waals surface area (Å²) in [5.41, 5.74) is 1.02. The molecule has 2 unspecified atom stereocenters. The van der Waals surface area contributed by atoms with E-state index in [0.717, 1.165) is 0 Å². The van der Waals surface area contributed by atoms with Gasteiger partial charge in [-0.3, -0.25) is 0 Å². The van der Waals surface area contributed by atoms with E-state index in [1.165, 1.54) is 30.8 Å². The maximum atomic E-state index is 2.46. The van der Waals surface area contributed by atoms with Gasteiger partial charge in [0.25, 0.3) is 0 Å². The van der Waals surface area contributed by atoms with E-state index < -0.39 is 0 Å². The van der Waals surface area contributed by atoms with Crippen LogP contribution in [0.5, 0.6) is 0 Å². The number of hydrogen-bond acceptors (Lipinski definition) is 1. The summed E-state index contributed by atoms with van der Waals surface area (Å²) >= 11 is 2.13. The zero-order chi connectivity index (χ0) is 10.1. The second-order valence-corrected chi connectivity index (χ2v) is 6.54. The average molecular weight is 208 g/mol. The van der Waals surface area contributed by atoms with Gasteiger partial charge in [-0.25, -0.2) is 0 Å². The van der Waals surface area contributed by atoms with Crippen LogP contribution in [0, 0.1) is 10.8 Å². The molecule has 0 radical (unpaired) electrons. The molecule has 0 amide bonds. The summed E-state index contributed by atoms with van der Waals surface area (Å²) in [6.07, 6.45) is 13.1. The predicted octanol–water partition coefficient (Wildman–Crippen LogP) is 4.04.